The minimum absolute atomic E-state index is 0. The van der Waals surface area contributed by atoms with Gasteiger partial charge in [0.2, 0.25) is 0 Å². The Hall–Kier alpha value is 0.0500. The van der Waals surface area contributed by atoms with E-state index >= 15 is 0 Å². The largest absolute Gasteiger partial charge is 0.360 e. The van der Waals surface area contributed by atoms with Crippen molar-refractivity contribution in [3.8, 4) is 0 Å². The van der Waals surface area contributed by atoms with Crippen molar-refractivity contribution in [1.82, 2.24) is 4.90 Å². The van der Waals surface area contributed by atoms with Crippen molar-refractivity contribution in [2.45, 2.75) is 33.1 Å². The fourth-order valence-electron chi connectivity index (χ4n) is 1.46. The molecule has 0 aromatic heterocycles. The van der Waals surface area contributed by atoms with Gasteiger partial charge in [-0.3, -0.25) is 5.41 Å². The predicted molar refractivity (Wildman–Crippen MR) is 62.5 cm³/mol. The second-order valence-electron chi connectivity index (χ2n) is 3.39. The number of hydrogen-bond acceptors (Lipinski definition) is 1. The van der Waals surface area contributed by atoms with Gasteiger partial charge in [-0.15, -0.1) is 24.8 Å². The molecule has 1 aliphatic rings. The van der Waals surface area contributed by atoms with Crippen molar-refractivity contribution in [3.05, 3.63) is 0 Å². The first kappa shape index (κ1) is 15.5. The molecule has 1 atom stereocenters. The highest BCUT2D eigenvalue weighted by Gasteiger charge is 2.17. The van der Waals surface area contributed by atoms with Crippen molar-refractivity contribution in [1.29, 1.82) is 5.41 Å². The molecular weight excluding hydrogens is 207 g/mol. The van der Waals surface area contributed by atoms with Gasteiger partial charge in [-0.2, -0.15) is 0 Å². The number of halogens is 2. The summed E-state index contributed by atoms with van der Waals surface area (Å²) in [6.07, 6.45) is 3.65. The lowest BCUT2D eigenvalue weighted by molar-refractivity contribution is 0.473. The van der Waals surface area contributed by atoms with E-state index in [2.05, 4.69) is 18.7 Å². The van der Waals surface area contributed by atoms with Crippen molar-refractivity contribution in [3.63, 3.8) is 0 Å². The zero-order valence-electron chi connectivity index (χ0n) is 8.38. The van der Waals surface area contributed by atoms with Crippen LogP contribution in [0.1, 0.15) is 33.1 Å². The summed E-state index contributed by atoms with van der Waals surface area (Å²) in [5, 5.41) is 7.82. The minimum Gasteiger partial charge on any atom is -0.360 e. The first-order valence-electron chi connectivity index (χ1n) is 4.59. The normalized spacial score (nSPS) is 17.2. The molecule has 0 aliphatic carbocycles. The Kier molecular flexibility index (Phi) is 8.90. The van der Waals surface area contributed by atoms with Gasteiger partial charge in [0, 0.05) is 19.0 Å². The number of amidine groups is 1. The van der Waals surface area contributed by atoms with Crippen LogP contribution in [-0.4, -0.2) is 23.8 Å². The first-order valence-corrected chi connectivity index (χ1v) is 4.59. The fraction of sp³-hybridized carbons (Fsp3) is 0.889. The smallest absolute Gasteiger partial charge is 0.0986 e. The molecular formula is C9H20Cl2N2. The van der Waals surface area contributed by atoms with Crippen LogP contribution in [0.15, 0.2) is 0 Å². The number of nitrogens with one attached hydrogen (secondary N) is 1. The van der Waals surface area contributed by atoms with E-state index < -0.39 is 0 Å². The maximum absolute atomic E-state index is 7.82. The summed E-state index contributed by atoms with van der Waals surface area (Å²) < 4.78 is 0. The van der Waals surface area contributed by atoms with E-state index in [1.807, 2.05) is 0 Å². The van der Waals surface area contributed by atoms with Crippen LogP contribution in [0.5, 0.6) is 0 Å². The Bertz CT molecular complexity index is 145. The minimum atomic E-state index is 0. The molecule has 0 amide bonds. The molecule has 0 radical (unpaired) electrons. The van der Waals surface area contributed by atoms with Crippen molar-refractivity contribution >= 4 is 30.6 Å². The molecule has 0 saturated carbocycles. The van der Waals surface area contributed by atoms with E-state index in [4.69, 9.17) is 5.41 Å². The Labute approximate surface area is 93.4 Å². The zero-order chi connectivity index (χ0) is 8.27. The Morgan fingerprint density at radius 1 is 1.31 bits per heavy atom. The highest BCUT2D eigenvalue weighted by molar-refractivity contribution is 5.85. The molecule has 0 aromatic rings. The summed E-state index contributed by atoms with van der Waals surface area (Å²) in [7, 11) is 0. The number of rotatable bonds is 2. The monoisotopic (exact) mass is 226 g/mol. The third-order valence-electron chi connectivity index (χ3n) is 2.53. The fourth-order valence-corrected chi connectivity index (χ4v) is 1.46. The average Bonchev–Trinajstić information content (AvgIpc) is 2.53. The maximum atomic E-state index is 7.82. The lowest BCUT2D eigenvalue weighted by Gasteiger charge is -2.22. The van der Waals surface area contributed by atoms with E-state index in [1.54, 1.807) is 0 Å². The van der Waals surface area contributed by atoms with E-state index in [0.717, 1.165) is 25.3 Å². The molecule has 0 spiro atoms. The number of nitrogens with zero attached hydrogens (tertiary/aromatic N) is 1. The van der Waals surface area contributed by atoms with Gasteiger partial charge in [-0.25, -0.2) is 0 Å². The highest BCUT2D eigenvalue weighted by atomic mass is 35.5. The molecule has 80 valence electrons. The quantitative estimate of drug-likeness (QED) is 0.569. The summed E-state index contributed by atoms with van der Waals surface area (Å²) in [5.74, 6) is 1.30. The summed E-state index contributed by atoms with van der Waals surface area (Å²) in [5.41, 5.74) is 0. The average molecular weight is 227 g/mol. The highest BCUT2D eigenvalue weighted by Crippen LogP contribution is 2.13. The molecule has 1 aliphatic heterocycles. The molecule has 0 unspecified atom stereocenters. The molecule has 0 aromatic carbocycles. The lowest BCUT2D eigenvalue weighted by atomic mass is 10.1. The molecule has 1 fully saturated rings. The van der Waals surface area contributed by atoms with Crippen LogP contribution in [0.25, 0.3) is 0 Å². The van der Waals surface area contributed by atoms with E-state index in [9.17, 15) is 0 Å². The van der Waals surface area contributed by atoms with Crippen molar-refractivity contribution in [2.75, 3.05) is 13.1 Å². The van der Waals surface area contributed by atoms with Crippen LogP contribution in [0, 0.1) is 11.3 Å². The van der Waals surface area contributed by atoms with Gasteiger partial charge in [0.1, 0.15) is 0 Å². The van der Waals surface area contributed by atoms with Crippen LogP contribution in [0.2, 0.25) is 0 Å². The molecule has 1 heterocycles. The first-order chi connectivity index (χ1) is 5.25. The second kappa shape index (κ2) is 7.45. The summed E-state index contributed by atoms with van der Waals surface area (Å²) in [6, 6.07) is 0. The van der Waals surface area contributed by atoms with Gasteiger partial charge in [-0.05, 0) is 19.3 Å². The van der Waals surface area contributed by atoms with Crippen LogP contribution in [-0.2, 0) is 0 Å². The van der Waals surface area contributed by atoms with Gasteiger partial charge in [-0.1, -0.05) is 13.8 Å². The molecule has 4 heteroatoms. The zero-order valence-corrected chi connectivity index (χ0v) is 10.0. The third-order valence-corrected chi connectivity index (χ3v) is 2.53. The van der Waals surface area contributed by atoms with Gasteiger partial charge < -0.3 is 4.90 Å². The standard InChI is InChI=1S/C9H18N2.2ClH/c1-3-8(2)9(10)11-6-4-5-7-11;;/h8,10H,3-7H2,1-2H3;2*1H/t8-;;/m0../s1. The third kappa shape index (κ3) is 4.19. The molecule has 13 heavy (non-hydrogen) atoms. The summed E-state index contributed by atoms with van der Waals surface area (Å²) in [4.78, 5) is 2.22. The van der Waals surface area contributed by atoms with Gasteiger partial charge >= 0.3 is 0 Å². The predicted octanol–water partition coefficient (Wildman–Crippen LogP) is 2.95. The molecule has 1 rings (SSSR count). The van der Waals surface area contributed by atoms with Gasteiger partial charge in [0.05, 0.1) is 5.84 Å². The van der Waals surface area contributed by atoms with Crippen LogP contribution in [0.3, 0.4) is 0 Å². The topological polar surface area (TPSA) is 27.1 Å². The molecule has 1 N–H and O–H groups in total. The molecule has 1 saturated heterocycles. The number of hydrogen-bond donors (Lipinski definition) is 1. The van der Waals surface area contributed by atoms with Gasteiger partial charge in [0.15, 0.2) is 0 Å². The van der Waals surface area contributed by atoms with E-state index in [0.29, 0.717) is 5.92 Å². The van der Waals surface area contributed by atoms with Crippen LogP contribution in [0.4, 0.5) is 0 Å². The number of likely N-dealkylation sites (tertiary alicyclic amines) is 1. The van der Waals surface area contributed by atoms with Crippen molar-refractivity contribution < 1.29 is 0 Å². The summed E-state index contributed by atoms with van der Waals surface area (Å²) in [6.45, 7) is 6.52. The van der Waals surface area contributed by atoms with E-state index in [1.165, 1.54) is 12.8 Å². The molecule has 0 bridgehead atoms. The van der Waals surface area contributed by atoms with Crippen molar-refractivity contribution in [2.24, 2.45) is 5.92 Å². The Morgan fingerprint density at radius 2 is 1.77 bits per heavy atom. The second-order valence-corrected chi connectivity index (χ2v) is 3.39. The SMILES string of the molecule is CC[C@H](C)C(=N)N1CCCC1.Cl.Cl. The molecule has 2 nitrogen and oxygen atoms in total. The maximum Gasteiger partial charge on any atom is 0.0986 e. The van der Waals surface area contributed by atoms with E-state index in [-0.39, 0.29) is 24.8 Å². The van der Waals surface area contributed by atoms with Crippen LogP contribution < -0.4 is 0 Å². The Balaban J connectivity index is 0. The van der Waals surface area contributed by atoms with Crippen LogP contribution >= 0.6 is 24.8 Å². The summed E-state index contributed by atoms with van der Waals surface area (Å²) >= 11 is 0. The Morgan fingerprint density at radius 3 is 2.15 bits per heavy atom. The lowest BCUT2D eigenvalue weighted by Crippen LogP contribution is -2.31. The van der Waals surface area contributed by atoms with Gasteiger partial charge in [0.25, 0.3) is 0 Å².